The highest BCUT2D eigenvalue weighted by atomic mass is 28.4. The van der Waals surface area contributed by atoms with Crippen molar-refractivity contribution in [3.63, 3.8) is 0 Å². The molecule has 0 aliphatic heterocycles. The summed E-state index contributed by atoms with van der Waals surface area (Å²) in [5, 5.41) is 0. The third-order valence-electron chi connectivity index (χ3n) is 7.33. The molecule has 0 fully saturated rings. The smallest absolute Gasteiger partial charge is 0.420 e. The van der Waals surface area contributed by atoms with Crippen molar-refractivity contribution in [3.05, 3.63) is 0 Å². The molecule has 0 amide bonds. The number of hydrogen-bond donors (Lipinski definition) is 0. The molecule has 0 radical (unpaired) electrons. The monoisotopic (exact) mass is 590 g/mol. The van der Waals surface area contributed by atoms with E-state index in [2.05, 4.69) is 0 Å². The van der Waals surface area contributed by atoms with Gasteiger partial charge in [0.2, 0.25) is 0 Å². The Morgan fingerprint density at radius 2 is 0.472 bits per heavy atom. The summed E-state index contributed by atoms with van der Waals surface area (Å²) in [6, 6.07) is 5.68. The maximum atomic E-state index is 6.36. The van der Waals surface area contributed by atoms with Gasteiger partial charge in [-0.25, -0.2) is 0 Å². The van der Waals surface area contributed by atoms with Crippen LogP contribution in [0.3, 0.4) is 0 Å². The van der Waals surface area contributed by atoms with Crippen LogP contribution in [0.15, 0.2) is 0 Å². The Balaban J connectivity index is 5.15. The fourth-order valence-electron chi connectivity index (χ4n) is 4.72. The van der Waals surface area contributed by atoms with Crippen LogP contribution in [0.5, 0.6) is 0 Å². The van der Waals surface area contributed by atoms with Crippen LogP contribution in [0.1, 0.15) is 38.5 Å². The Kier molecular flexibility index (Phi) is 19.8. The summed E-state index contributed by atoms with van der Waals surface area (Å²) in [7, 11) is 7.26. The van der Waals surface area contributed by atoms with Crippen LogP contribution < -0.4 is 0 Å². The Morgan fingerprint density at radius 3 is 0.639 bits per heavy atom. The molecule has 0 heterocycles. The van der Waals surface area contributed by atoms with E-state index in [0.29, 0.717) is 0 Å². The van der Waals surface area contributed by atoms with Gasteiger partial charge in [0.1, 0.15) is 0 Å². The van der Waals surface area contributed by atoms with Crippen molar-refractivity contribution in [2.75, 3.05) is 71.1 Å². The van der Waals surface area contributed by atoms with Gasteiger partial charge in [-0.3, -0.25) is 0 Å². The van der Waals surface area contributed by atoms with Crippen molar-refractivity contribution in [2.24, 2.45) is 0 Å². The van der Waals surface area contributed by atoms with Crippen LogP contribution >= 0.6 is 0 Å². The normalized spacial score (nSPS) is 13.5. The summed E-state index contributed by atoms with van der Waals surface area (Å²) in [6.07, 6.45) is 6.14. The second kappa shape index (κ2) is 19.5. The first-order valence-corrected chi connectivity index (χ1v) is 21.1. The average Bonchev–Trinajstić information content (AvgIpc) is 2.94. The molecule has 0 aliphatic rings. The van der Waals surface area contributed by atoms with Gasteiger partial charge in [-0.2, -0.15) is 0 Å². The van der Waals surface area contributed by atoms with E-state index in [0.717, 1.165) is 74.8 Å². The first-order chi connectivity index (χ1) is 17.2. The standard InChI is InChI=1S/C22H54O10Si4/c1-23-33(17-11-14-20-34(24-2,25-3)26-4,18-12-15-21-35(27-5,28-6)29-7)19-13-16-22-36(30-8,31-9)32-10/h11-22H2,1-10H3. The fourth-order valence-corrected chi connectivity index (χ4v) is 14.1. The fraction of sp³-hybridized carbons (Fsp3) is 1.00. The molecule has 0 aromatic carbocycles. The number of hydrogen-bond acceptors (Lipinski definition) is 10. The first-order valence-electron chi connectivity index (χ1n) is 12.7. The molecular weight excluding hydrogens is 537 g/mol. The lowest BCUT2D eigenvalue weighted by atomic mass is 10.4. The van der Waals surface area contributed by atoms with Gasteiger partial charge in [0.05, 0.1) is 0 Å². The van der Waals surface area contributed by atoms with Crippen molar-refractivity contribution >= 4 is 34.7 Å². The Morgan fingerprint density at radius 1 is 0.278 bits per heavy atom. The first kappa shape index (κ1) is 36.5. The molecule has 0 aliphatic carbocycles. The highest BCUT2D eigenvalue weighted by Crippen LogP contribution is 2.32. The molecule has 0 N–H and O–H groups in total. The highest BCUT2D eigenvalue weighted by Gasteiger charge is 2.41. The quantitative estimate of drug-likeness (QED) is 0.111. The lowest BCUT2D eigenvalue weighted by Gasteiger charge is -2.32. The predicted molar refractivity (Wildman–Crippen MR) is 150 cm³/mol. The minimum absolute atomic E-state index is 0.804. The molecule has 10 nitrogen and oxygen atoms in total. The average molecular weight is 591 g/mol. The zero-order valence-electron chi connectivity index (χ0n) is 24.6. The van der Waals surface area contributed by atoms with E-state index in [9.17, 15) is 0 Å². The molecule has 0 saturated carbocycles. The van der Waals surface area contributed by atoms with Gasteiger partial charge in [-0.15, -0.1) is 0 Å². The van der Waals surface area contributed by atoms with Crippen molar-refractivity contribution in [1.29, 1.82) is 0 Å². The molecule has 0 aromatic rings. The molecule has 218 valence electrons. The molecule has 0 saturated heterocycles. The highest BCUT2D eigenvalue weighted by molar-refractivity contribution is 6.73. The van der Waals surface area contributed by atoms with E-state index < -0.39 is 34.7 Å². The van der Waals surface area contributed by atoms with Gasteiger partial charge in [0, 0.05) is 89.2 Å². The summed E-state index contributed by atoms with van der Waals surface area (Å²) in [5.74, 6) is 0. The molecule has 36 heavy (non-hydrogen) atoms. The van der Waals surface area contributed by atoms with Gasteiger partial charge < -0.3 is 44.3 Å². The van der Waals surface area contributed by atoms with Crippen LogP contribution in [0, 0.1) is 0 Å². The van der Waals surface area contributed by atoms with E-state index in [1.807, 2.05) is 7.11 Å². The summed E-state index contributed by atoms with van der Waals surface area (Å²) >= 11 is 0. The number of rotatable bonds is 25. The van der Waals surface area contributed by atoms with Crippen LogP contribution in [0.4, 0.5) is 0 Å². The zero-order chi connectivity index (χ0) is 27.6. The van der Waals surface area contributed by atoms with Crippen molar-refractivity contribution in [2.45, 2.75) is 74.8 Å². The van der Waals surface area contributed by atoms with Crippen molar-refractivity contribution in [1.82, 2.24) is 0 Å². The van der Waals surface area contributed by atoms with Crippen molar-refractivity contribution in [3.8, 4) is 0 Å². The molecule has 0 unspecified atom stereocenters. The van der Waals surface area contributed by atoms with Gasteiger partial charge >= 0.3 is 26.4 Å². The van der Waals surface area contributed by atoms with E-state index in [4.69, 9.17) is 44.3 Å². The Hall–Kier alpha value is 0.468. The van der Waals surface area contributed by atoms with Crippen LogP contribution in [0.2, 0.25) is 36.3 Å². The van der Waals surface area contributed by atoms with Crippen LogP contribution in [-0.4, -0.2) is 106 Å². The summed E-state index contributed by atoms with van der Waals surface area (Å²) < 4.78 is 56.7. The summed E-state index contributed by atoms with van der Waals surface area (Å²) in [6.45, 7) is 0. The minimum Gasteiger partial charge on any atom is -0.420 e. The third-order valence-corrected chi connectivity index (χ3v) is 20.5. The molecule has 0 bridgehead atoms. The Labute approximate surface area is 224 Å². The lowest BCUT2D eigenvalue weighted by Crippen LogP contribution is -2.43. The van der Waals surface area contributed by atoms with E-state index in [1.54, 1.807) is 64.0 Å². The minimum atomic E-state index is -2.55. The van der Waals surface area contributed by atoms with E-state index in [1.165, 1.54) is 0 Å². The summed E-state index contributed by atoms with van der Waals surface area (Å²) in [5.41, 5.74) is 0. The van der Waals surface area contributed by atoms with Gasteiger partial charge in [0.25, 0.3) is 0 Å². The topological polar surface area (TPSA) is 92.3 Å². The second-order valence-corrected chi connectivity index (χ2v) is 22.4. The third kappa shape index (κ3) is 11.7. The molecule has 0 spiro atoms. The second-order valence-electron chi connectivity index (χ2n) is 8.89. The van der Waals surface area contributed by atoms with Gasteiger partial charge in [-0.1, -0.05) is 19.3 Å². The summed E-state index contributed by atoms with van der Waals surface area (Å²) in [4.78, 5) is 0. The zero-order valence-corrected chi connectivity index (χ0v) is 28.6. The maximum absolute atomic E-state index is 6.36. The molecule has 14 heteroatoms. The number of unbranched alkanes of at least 4 members (excludes halogenated alkanes) is 3. The van der Waals surface area contributed by atoms with E-state index in [-0.39, 0.29) is 0 Å². The van der Waals surface area contributed by atoms with E-state index >= 15 is 0 Å². The molecule has 0 aromatic heterocycles. The van der Waals surface area contributed by atoms with Gasteiger partial charge in [-0.05, 0) is 37.4 Å². The van der Waals surface area contributed by atoms with Crippen molar-refractivity contribution < 1.29 is 44.3 Å². The maximum Gasteiger partial charge on any atom is 0.500 e. The SMILES string of the molecule is CO[Si](CCCC[Si](OC)(OC)OC)(CCCC[Si](OC)(OC)OC)CCCC[Si](OC)(OC)OC. The van der Waals surface area contributed by atoms with Gasteiger partial charge in [0.15, 0.2) is 8.32 Å². The lowest BCUT2D eigenvalue weighted by molar-refractivity contribution is 0.122. The van der Waals surface area contributed by atoms with Crippen LogP contribution in [-0.2, 0) is 44.3 Å². The largest absolute Gasteiger partial charge is 0.500 e. The Bertz CT molecular complexity index is 441. The molecular formula is C22H54O10Si4. The molecule has 0 rings (SSSR count). The van der Waals surface area contributed by atoms with Crippen LogP contribution in [0.25, 0.3) is 0 Å². The predicted octanol–water partition coefficient (Wildman–Crippen LogP) is 4.55. The molecule has 0 atom stereocenters.